The molecule has 29 heavy (non-hydrogen) atoms. The van der Waals surface area contributed by atoms with Gasteiger partial charge in [-0.25, -0.2) is 0 Å². The Morgan fingerprint density at radius 3 is 2.21 bits per heavy atom. The van der Waals surface area contributed by atoms with Crippen molar-refractivity contribution in [3.05, 3.63) is 48.0 Å². The van der Waals surface area contributed by atoms with Crippen molar-refractivity contribution in [2.24, 2.45) is 0 Å². The predicted molar refractivity (Wildman–Crippen MR) is 112 cm³/mol. The van der Waals surface area contributed by atoms with E-state index in [0.29, 0.717) is 25.7 Å². The molecular weight excluding hydrogens is 370 g/mol. The Morgan fingerprint density at radius 1 is 0.966 bits per heavy atom. The summed E-state index contributed by atoms with van der Waals surface area (Å²) in [6.45, 7) is 4.07. The number of methoxy groups -OCH3 is 2. The van der Waals surface area contributed by atoms with Crippen LogP contribution in [0.2, 0.25) is 0 Å². The van der Waals surface area contributed by atoms with Crippen molar-refractivity contribution >= 4 is 0 Å². The van der Waals surface area contributed by atoms with E-state index in [1.807, 2.05) is 49.4 Å². The summed E-state index contributed by atoms with van der Waals surface area (Å²) in [5.41, 5.74) is 1.05. The number of nitrogens with zero attached hydrogens (tertiary/aromatic N) is 1. The van der Waals surface area contributed by atoms with E-state index in [0.717, 1.165) is 41.4 Å². The summed E-state index contributed by atoms with van der Waals surface area (Å²) in [6.07, 6.45) is 1.72. The van der Waals surface area contributed by atoms with E-state index in [1.54, 1.807) is 14.2 Å². The maximum atomic E-state index is 10.6. The number of ether oxygens (including phenoxy) is 4. The van der Waals surface area contributed by atoms with Crippen LogP contribution in [0, 0.1) is 0 Å². The summed E-state index contributed by atoms with van der Waals surface area (Å²) >= 11 is 0. The van der Waals surface area contributed by atoms with Gasteiger partial charge in [0.05, 0.1) is 20.8 Å². The lowest BCUT2D eigenvalue weighted by Crippen LogP contribution is -2.36. The molecule has 1 aliphatic rings. The van der Waals surface area contributed by atoms with E-state index in [1.165, 1.54) is 0 Å². The first kappa shape index (κ1) is 21.3. The molecule has 1 atom stereocenters. The monoisotopic (exact) mass is 401 g/mol. The molecule has 1 fully saturated rings. The molecule has 3 rings (SSSR count). The Bertz CT molecular complexity index is 760. The van der Waals surface area contributed by atoms with E-state index >= 15 is 0 Å². The molecule has 0 aliphatic heterocycles. The Kier molecular flexibility index (Phi) is 7.61. The highest BCUT2D eigenvalue weighted by molar-refractivity contribution is 5.40. The van der Waals surface area contributed by atoms with Crippen LogP contribution in [-0.4, -0.2) is 56.1 Å². The Hall–Kier alpha value is -2.44. The van der Waals surface area contributed by atoms with E-state index in [-0.39, 0.29) is 6.61 Å². The largest absolute Gasteiger partial charge is 0.497 e. The highest BCUT2D eigenvalue weighted by Gasteiger charge is 2.31. The molecule has 1 saturated carbocycles. The second-order valence-corrected chi connectivity index (χ2v) is 7.21. The molecule has 158 valence electrons. The van der Waals surface area contributed by atoms with Crippen molar-refractivity contribution in [1.82, 2.24) is 4.90 Å². The van der Waals surface area contributed by atoms with Gasteiger partial charge in [0.2, 0.25) is 0 Å². The lowest BCUT2D eigenvalue weighted by atomic mass is 10.1. The number of aliphatic hydroxyl groups is 1. The minimum atomic E-state index is -0.584. The van der Waals surface area contributed by atoms with Gasteiger partial charge < -0.3 is 24.1 Å². The van der Waals surface area contributed by atoms with Gasteiger partial charge in [-0.1, -0.05) is 0 Å². The maximum Gasteiger partial charge on any atom is 0.123 e. The van der Waals surface area contributed by atoms with Gasteiger partial charge in [-0.05, 0) is 62.2 Å². The van der Waals surface area contributed by atoms with Crippen LogP contribution < -0.4 is 18.9 Å². The third-order valence-electron chi connectivity index (χ3n) is 4.95. The van der Waals surface area contributed by atoms with Crippen molar-refractivity contribution in [2.45, 2.75) is 38.5 Å². The molecule has 0 heterocycles. The fraction of sp³-hybridized carbons (Fsp3) is 0.478. The lowest BCUT2D eigenvalue weighted by Gasteiger charge is -2.26. The topological polar surface area (TPSA) is 60.4 Å². The number of hydrogen-bond acceptors (Lipinski definition) is 6. The summed E-state index contributed by atoms with van der Waals surface area (Å²) in [5, 5.41) is 10.6. The van der Waals surface area contributed by atoms with Crippen LogP contribution in [-0.2, 0) is 6.54 Å². The average molecular weight is 402 g/mol. The minimum absolute atomic E-state index is 0.243. The van der Waals surface area contributed by atoms with E-state index in [2.05, 4.69) is 4.90 Å². The van der Waals surface area contributed by atoms with Gasteiger partial charge in [-0.15, -0.1) is 0 Å². The lowest BCUT2D eigenvalue weighted by molar-refractivity contribution is 0.0623. The quantitative estimate of drug-likeness (QED) is 0.587. The molecule has 0 radical (unpaired) electrons. The first-order valence-corrected chi connectivity index (χ1v) is 10.1. The molecule has 6 heteroatoms. The van der Waals surface area contributed by atoms with Gasteiger partial charge >= 0.3 is 0 Å². The number of rotatable bonds is 12. The molecule has 0 spiro atoms. The van der Waals surface area contributed by atoms with Crippen LogP contribution in [0.1, 0.15) is 25.3 Å². The van der Waals surface area contributed by atoms with Crippen LogP contribution in [0.3, 0.4) is 0 Å². The highest BCUT2D eigenvalue weighted by atomic mass is 16.5. The standard InChI is InChI=1S/C23H31NO5/c1-4-28-20-7-9-21(10-8-20)29-16-19(25)15-24(18-5-6-18)14-17-13-22(26-2)11-12-23(17)27-3/h7-13,18-19,25H,4-6,14-16H2,1-3H3. The minimum Gasteiger partial charge on any atom is -0.497 e. The molecule has 0 aromatic heterocycles. The van der Waals surface area contributed by atoms with Crippen LogP contribution in [0.4, 0.5) is 0 Å². The summed E-state index contributed by atoms with van der Waals surface area (Å²) < 4.78 is 22.0. The Labute approximate surface area is 173 Å². The number of aliphatic hydroxyl groups excluding tert-OH is 1. The van der Waals surface area contributed by atoms with Crippen molar-refractivity contribution in [1.29, 1.82) is 0 Å². The average Bonchev–Trinajstić information content (AvgIpc) is 3.58. The number of benzene rings is 2. The summed E-state index contributed by atoms with van der Waals surface area (Å²) in [7, 11) is 3.33. The van der Waals surface area contributed by atoms with Crippen LogP contribution >= 0.6 is 0 Å². The van der Waals surface area contributed by atoms with Crippen molar-refractivity contribution < 1.29 is 24.1 Å². The molecule has 0 bridgehead atoms. The highest BCUT2D eigenvalue weighted by Crippen LogP contribution is 2.32. The zero-order chi connectivity index (χ0) is 20.6. The van der Waals surface area contributed by atoms with Crippen LogP contribution in [0.15, 0.2) is 42.5 Å². The fourth-order valence-electron chi connectivity index (χ4n) is 3.32. The maximum absolute atomic E-state index is 10.6. The van der Waals surface area contributed by atoms with Gasteiger partial charge in [0, 0.05) is 24.7 Å². The normalized spacial score (nSPS) is 14.5. The van der Waals surface area contributed by atoms with Gasteiger partial charge in [-0.2, -0.15) is 0 Å². The van der Waals surface area contributed by atoms with Crippen LogP contribution in [0.5, 0.6) is 23.0 Å². The zero-order valence-corrected chi connectivity index (χ0v) is 17.5. The van der Waals surface area contributed by atoms with E-state index in [9.17, 15) is 5.11 Å². The second-order valence-electron chi connectivity index (χ2n) is 7.21. The van der Waals surface area contributed by atoms with Gasteiger partial charge in [0.25, 0.3) is 0 Å². The predicted octanol–water partition coefficient (Wildman–Crippen LogP) is 3.51. The van der Waals surface area contributed by atoms with Crippen molar-refractivity contribution in [3.63, 3.8) is 0 Å². The van der Waals surface area contributed by atoms with Gasteiger partial charge in [0.1, 0.15) is 35.7 Å². The molecule has 1 aliphatic carbocycles. The Morgan fingerprint density at radius 2 is 1.62 bits per heavy atom. The third-order valence-corrected chi connectivity index (χ3v) is 4.95. The zero-order valence-electron chi connectivity index (χ0n) is 17.5. The molecule has 1 unspecified atom stereocenters. The second kappa shape index (κ2) is 10.4. The molecule has 1 N–H and O–H groups in total. The van der Waals surface area contributed by atoms with Crippen molar-refractivity contribution in [3.8, 4) is 23.0 Å². The Balaban J connectivity index is 1.56. The third kappa shape index (κ3) is 6.27. The SMILES string of the molecule is CCOc1ccc(OCC(O)CN(Cc2cc(OC)ccc2OC)C2CC2)cc1. The number of hydrogen-bond donors (Lipinski definition) is 1. The summed E-state index contributed by atoms with van der Waals surface area (Å²) in [6, 6.07) is 13.8. The van der Waals surface area contributed by atoms with Gasteiger partial charge in [0.15, 0.2) is 0 Å². The molecular formula is C23H31NO5. The molecule has 0 saturated heterocycles. The van der Waals surface area contributed by atoms with E-state index in [4.69, 9.17) is 18.9 Å². The molecule has 6 nitrogen and oxygen atoms in total. The van der Waals surface area contributed by atoms with E-state index < -0.39 is 6.10 Å². The summed E-state index contributed by atoms with van der Waals surface area (Å²) in [5.74, 6) is 3.17. The molecule has 2 aromatic rings. The fourth-order valence-corrected chi connectivity index (χ4v) is 3.32. The van der Waals surface area contributed by atoms with Gasteiger partial charge in [-0.3, -0.25) is 4.90 Å². The van der Waals surface area contributed by atoms with Crippen LogP contribution in [0.25, 0.3) is 0 Å². The van der Waals surface area contributed by atoms with Crippen molar-refractivity contribution in [2.75, 3.05) is 34.0 Å². The first-order valence-electron chi connectivity index (χ1n) is 10.1. The molecule has 0 amide bonds. The molecule has 2 aromatic carbocycles. The first-order chi connectivity index (χ1) is 14.1. The smallest absolute Gasteiger partial charge is 0.123 e. The summed E-state index contributed by atoms with van der Waals surface area (Å²) in [4.78, 5) is 2.30.